The third-order valence-corrected chi connectivity index (χ3v) is 5.35. The molecule has 0 bridgehead atoms. The summed E-state index contributed by atoms with van der Waals surface area (Å²) in [7, 11) is 1.32. The Morgan fingerprint density at radius 2 is 1.74 bits per heavy atom. The molecule has 0 saturated heterocycles. The Balaban J connectivity index is 1.57. The fourth-order valence-corrected chi connectivity index (χ4v) is 3.63. The maximum atomic E-state index is 13.1. The van der Waals surface area contributed by atoms with Crippen LogP contribution in [0.2, 0.25) is 0 Å². The van der Waals surface area contributed by atoms with Crippen LogP contribution in [0.25, 0.3) is 17.1 Å². The zero-order chi connectivity index (χ0) is 25.0. The molecule has 0 aliphatic carbocycles. The minimum atomic E-state index is -4.55. The molecule has 0 unspecified atom stereocenters. The number of rotatable bonds is 6. The smallest absolute Gasteiger partial charge is 0.416 e. The van der Waals surface area contributed by atoms with Crippen LogP contribution in [0.15, 0.2) is 73.3 Å². The van der Waals surface area contributed by atoms with Crippen LogP contribution >= 0.6 is 0 Å². The highest BCUT2D eigenvalue weighted by Crippen LogP contribution is 2.35. The second-order valence-electron chi connectivity index (χ2n) is 7.54. The lowest BCUT2D eigenvalue weighted by atomic mass is 10.1. The number of urea groups is 1. The first-order valence-electron chi connectivity index (χ1n) is 10.7. The molecule has 0 spiro atoms. The Hall–Kier alpha value is -4.34. The van der Waals surface area contributed by atoms with Gasteiger partial charge in [0.05, 0.1) is 18.4 Å². The summed E-state index contributed by atoms with van der Waals surface area (Å²) >= 11 is 0. The number of ether oxygens (including phenoxy) is 1. The lowest BCUT2D eigenvalue weighted by molar-refractivity contribution is -0.137. The van der Waals surface area contributed by atoms with Crippen LogP contribution in [-0.2, 0) is 12.6 Å². The Bertz CT molecular complexity index is 1340. The molecule has 10 heteroatoms. The lowest BCUT2D eigenvalue weighted by Crippen LogP contribution is -2.21. The van der Waals surface area contributed by atoms with Gasteiger partial charge in [0.25, 0.3) is 0 Å². The van der Waals surface area contributed by atoms with E-state index in [0.717, 1.165) is 40.8 Å². The van der Waals surface area contributed by atoms with Gasteiger partial charge in [-0.2, -0.15) is 13.2 Å². The van der Waals surface area contributed by atoms with Crippen molar-refractivity contribution in [2.75, 3.05) is 17.7 Å². The number of carbonyl (C=O) groups excluding carboxylic acids is 1. The summed E-state index contributed by atoms with van der Waals surface area (Å²) in [6.45, 7) is 1.94. The number of aryl methyl sites for hydroxylation is 1. The van der Waals surface area contributed by atoms with E-state index in [4.69, 9.17) is 4.74 Å². The van der Waals surface area contributed by atoms with Crippen molar-refractivity contribution in [2.24, 2.45) is 0 Å². The van der Waals surface area contributed by atoms with Gasteiger partial charge in [0.15, 0.2) is 0 Å². The van der Waals surface area contributed by atoms with Crippen LogP contribution in [0.4, 0.5) is 29.3 Å². The fourth-order valence-electron chi connectivity index (χ4n) is 3.63. The van der Waals surface area contributed by atoms with E-state index >= 15 is 0 Å². The monoisotopic (exact) mass is 481 g/mol. The summed E-state index contributed by atoms with van der Waals surface area (Å²) in [4.78, 5) is 21.1. The standard InChI is InChI=1S/C25H22F3N5O2/c1-3-16-14-19(33-13-12-30-23(33)17-8-10-29-11-9-17)5-6-20(16)31-24(34)32-21-15-18(25(26,27)28)4-7-22(21)35-2/h4-15H,3H2,1-2H3,(H2,31,32,34). The van der Waals surface area contributed by atoms with E-state index in [2.05, 4.69) is 20.6 Å². The molecular formula is C25H22F3N5O2. The van der Waals surface area contributed by atoms with Gasteiger partial charge in [0.2, 0.25) is 0 Å². The SMILES string of the molecule is CCc1cc(-n2ccnc2-c2ccncc2)ccc1NC(=O)Nc1cc(C(F)(F)F)ccc1OC. The minimum absolute atomic E-state index is 0.0881. The van der Waals surface area contributed by atoms with Gasteiger partial charge in [0, 0.05) is 41.7 Å². The van der Waals surface area contributed by atoms with E-state index in [1.165, 1.54) is 7.11 Å². The predicted molar refractivity (Wildman–Crippen MR) is 127 cm³/mol. The number of nitrogens with zero attached hydrogens (tertiary/aromatic N) is 3. The number of pyridine rings is 1. The number of hydrogen-bond donors (Lipinski definition) is 2. The summed E-state index contributed by atoms with van der Waals surface area (Å²) in [5.41, 5.74) is 2.14. The number of nitrogens with one attached hydrogen (secondary N) is 2. The average molecular weight is 481 g/mol. The number of amides is 2. The summed E-state index contributed by atoms with van der Waals surface area (Å²) < 4.78 is 46.3. The second-order valence-corrected chi connectivity index (χ2v) is 7.54. The molecular weight excluding hydrogens is 459 g/mol. The van der Waals surface area contributed by atoms with Crippen molar-refractivity contribution >= 4 is 17.4 Å². The minimum Gasteiger partial charge on any atom is -0.495 e. The van der Waals surface area contributed by atoms with Crippen molar-refractivity contribution in [1.82, 2.24) is 14.5 Å². The van der Waals surface area contributed by atoms with Crippen LogP contribution in [0, 0.1) is 0 Å². The summed E-state index contributed by atoms with van der Waals surface area (Å²) in [6.07, 6.45) is 2.98. The first-order chi connectivity index (χ1) is 16.8. The van der Waals surface area contributed by atoms with Crippen molar-refractivity contribution in [3.05, 3.63) is 84.4 Å². The molecule has 0 radical (unpaired) electrons. The molecule has 4 aromatic rings. The number of hydrogen-bond acceptors (Lipinski definition) is 4. The van der Waals surface area contributed by atoms with E-state index in [1.54, 1.807) is 24.7 Å². The van der Waals surface area contributed by atoms with E-state index in [-0.39, 0.29) is 11.4 Å². The quantitative estimate of drug-likeness (QED) is 0.345. The molecule has 35 heavy (non-hydrogen) atoms. The van der Waals surface area contributed by atoms with E-state index in [1.807, 2.05) is 42.0 Å². The molecule has 0 atom stereocenters. The van der Waals surface area contributed by atoms with Gasteiger partial charge < -0.3 is 15.4 Å². The molecule has 2 heterocycles. The Labute approximate surface area is 199 Å². The van der Waals surface area contributed by atoms with Crippen LogP contribution in [0.5, 0.6) is 5.75 Å². The second kappa shape index (κ2) is 9.88. The van der Waals surface area contributed by atoms with Crippen LogP contribution < -0.4 is 15.4 Å². The van der Waals surface area contributed by atoms with Crippen LogP contribution in [-0.4, -0.2) is 27.7 Å². The van der Waals surface area contributed by atoms with Gasteiger partial charge in [-0.05, 0) is 60.5 Å². The van der Waals surface area contributed by atoms with E-state index < -0.39 is 17.8 Å². The van der Waals surface area contributed by atoms with Crippen LogP contribution in [0.1, 0.15) is 18.1 Å². The average Bonchev–Trinajstić information content (AvgIpc) is 3.34. The highest BCUT2D eigenvalue weighted by Gasteiger charge is 2.31. The molecule has 0 saturated carbocycles. The maximum Gasteiger partial charge on any atom is 0.416 e. The predicted octanol–water partition coefficient (Wildman–Crippen LogP) is 6.17. The third-order valence-electron chi connectivity index (χ3n) is 5.35. The molecule has 180 valence electrons. The molecule has 2 aromatic carbocycles. The molecule has 2 aromatic heterocycles. The molecule has 0 aliphatic rings. The number of alkyl halides is 3. The zero-order valence-electron chi connectivity index (χ0n) is 18.9. The van der Waals surface area contributed by atoms with Crippen molar-refractivity contribution < 1.29 is 22.7 Å². The molecule has 2 amide bonds. The number of methoxy groups -OCH3 is 1. The Morgan fingerprint density at radius 3 is 2.43 bits per heavy atom. The molecule has 7 nitrogen and oxygen atoms in total. The highest BCUT2D eigenvalue weighted by atomic mass is 19.4. The number of halogens is 3. The Morgan fingerprint density at radius 1 is 1.00 bits per heavy atom. The molecule has 4 rings (SSSR count). The molecule has 2 N–H and O–H groups in total. The van der Waals surface area contributed by atoms with Crippen molar-refractivity contribution in [3.8, 4) is 22.8 Å². The first kappa shape index (κ1) is 23.8. The van der Waals surface area contributed by atoms with Crippen LogP contribution in [0.3, 0.4) is 0 Å². The topological polar surface area (TPSA) is 81.1 Å². The molecule has 0 aliphatic heterocycles. The zero-order valence-corrected chi connectivity index (χ0v) is 18.9. The van der Waals surface area contributed by atoms with E-state index in [9.17, 15) is 18.0 Å². The van der Waals surface area contributed by atoms with E-state index in [0.29, 0.717) is 12.1 Å². The largest absolute Gasteiger partial charge is 0.495 e. The number of carbonyl (C=O) groups is 1. The van der Waals surface area contributed by atoms with Gasteiger partial charge in [0.1, 0.15) is 11.6 Å². The van der Waals surface area contributed by atoms with Gasteiger partial charge in [-0.3, -0.25) is 9.55 Å². The highest BCUT2D eigenvalue weighted by molar-refractivity contribution is 6.01. The fraction of sp³-hybridized carbons (Fsp3) is 0.160. The van der Waals surface area contributed by atoms with Gasteiger partial charge >= 0.3 is 12.2 Å². The van der Waals surface area contributed by atoms with Gasteiger partial charge in [-0.15, -0.1) is 0 Å². The van der Waals surface area contributed by atoms with Crippen molar-refractivity contribution in [2.45, 2.75) is 19.5 Å². The number of benzene rings is 2. The first-order valence-corrected chi connectivity index (χ1v) is 10.7. The van der Waals surface area contributed by atoms with Gasteiger partial charge in [-0.1, -0.05) is 6.92 Å². The summed E-state index contributed by atoms with van der Waals surface area (Å²) in [5, 5.41) is 5.17. The third kappa shape index (κ3) is 5.26. The van der Waals surface area contributed by atoms with Crippen molar-refractivity contribution in [1.29, 1.82) is 0 Å². The number of imidazole rings is 1. The molecule has 0 fully saturated rings. The number of aromatic nitrogens is 3. The lowest BCUT2D eigenvalue weighted by Gasteiger charge is -2.16. The van der Waals surface area contributed by atoms with Crippen molar-refractivity contribution in [3.63, 3.8) is 0 Å². The maximum absolute atomic E-state index is 13.1. The normalized spacial score (nSPS) is 11.2. The summed E-state index contributed by atoms with van der Waals surface area (Å²) in [5.74, 6) is 0.854. The summed E-state index contributed by atoms with van der Waals surface area (Å²) in [6, 6.07) is 11.4. The number of anilines is 2. The van der Waals surface area contributed by atoms with Gasteiger partial charge in [-0.25, -0.2) is 9.78 Å². The Kier molecular flexibility index (Phi) is 6.72.